The Kier molecular flexibility index (Phi) is 5.55. The fourth-order valence-corrected chi connectivity index (χ4v) is 3.97. The van der Waals surface area contributed by atoms with E-state index in [2.05, 4.69) is 4.90 Å². The Morgan fingerprint density at radius 2 is 1.37 bits per heavy atom. The van der Waals surface area contributed by atoms with Crippen molar-refractivity contribution in [1.82, 2.24) is 19.3 Å². The number of pyridine rings is 1. The van der Waals surface area contributed by atoms with Crippen molar-refractivity contribution in [3.63, 3.8) is 0 Å². The Morgan fingerprint density at radius 3 is 1.90 bits per heavy atom. The predicted octanol–water partition coefficient (Wildman–Crippen LogP) is 1.39. The molecule has 0 aliphatic carbocycles. The SMILES string of the molecule is CN(C)C(=O)CN1CCN(C(=O)Cn2c3ccccc3c(=O)c3ccccc32)CC1. The van der Waals surface area contributed by atoms with E-state index in [1.54, 1.807) is 19.0 Å². The molecule has 4 rings (SSSR count). The van der Waals surface area contributed by atoms with Crippen molar-refractivity contribution in [3.05, 3.63) is 58.8 Å². The first-order chi connectivity index (χ1) is 14.5. The molecule has 1 aromatic heterocycles. The van der Waals surface area contributed by atoms with Crippen molar-refractivity contribution >= 4 is 33.6 Å². The molecule has 1 saturated heterocycles. The van der Waals surface area contributed by atoms with E-state index in [0.717, 1.165) is 11.0 Å². The fourth-order valence-electron chi connectivity index (χ4n) is 3.97. The van der Waals surface area contributed by atoms with E-state index >= 15 is 0 Å². The van der Waals surface area contributed by atoms with E-state index in [9.17, 15) is 14.4 Å². The molecular weight excluding hydrogens is 380 g/mol. The van der Waals surface area contributed by atoms with Crippen LogP contribution < -0.4 is 5.43 Å². The molecule has 2 amide bonds. The minimum atomic E-state index is -0.0101. The molecule has 2 heterocycles. The second-order valence-corrected chi connectivity index (χ2v) is 7.89. The Hall–Kier alpha value is -3.19. The van der Waals surface area contributed by atoms with Crippen LogP contribution in [0.25, 0.3) is 21.8 Å². The van der Waals surface area contributed by atoms with Crippen molar-refractivity contribution in [2.24, 2.45) is 0 Å². The lowest BCUT2D eigenvalue weighted by Crippen LogP contribution is -2.51. The maximum Gasteiger partial charge on any atom is 0.242 e. The minimum absolute atomic E-state index is 0.0101. The molecular formula is C23H26N4O3. The monoisotopic (exact) mass is 406 g/mol. The summed E-state index contributed by atoms with van der Waals surface area (Å²) >= 11 is 0. The molecule has 0 radical (unpaired) electrons. The number of rotatable bonds is 4. The van der Waals surface area contributed by atoms with Crippen LogP contribution in [-0.2, 0) is 16.1 Å². The topological polar surface area (TPSA) is 65.9 Å². The summed E-state index contributed by atoms with van der Waals surface area (Å²) in [6.45, 7) is 3.10. The van der Waals surface area contributed by atoms with Crippen molar-refractivity contribution in [2.45, 2.75) is 6.54 Å². The average molecular weight is 406 g/mol. The van der Waals surface area contributed by atoms with Gasteiger partial charge >= 0.3 is 0 Å². The van der Waals surface area contributed by atoms with Gasteiger partial charge in [0.25, 0.3) is 0 Å². The first kappa shape index (κ1) is 20.1. The van der Waals surface area contributed by atoms with E-state index < -0.39 is 0 Å². The zero-order chi connectivity index (χ0) is 21.3. The highest BCUT2D eigenvalue weighted by Gasteiger charge is 2.23. The van der Waals surface area contributed by atoms with Crippen molar-refractivity contribution in [3.8, 4) is 0 Å². The standard InChI is InChI=1S/C23H26N4O3/c1-24(2)21(28)15-25-11-13-26(14-12-25)22(29)16-27-19-9-5-3-7-17(19)23(30)18-8-4-6-10-20(18)27/h3-10H,11-16H2,1-2H3. The van der Waals surface area contributed by atoms with Gasteiger partial charge in [-0.25, -0.2) is 0 Å². The quantitative estimate of drug-likeness (QED) is 0.614. The molecule has 0 saturated carbocycles. The average Bonchev–Trinajstić information content (AvgIpc) is 2.77. The van der Waals surface area contributed by atoms with Crippen LogP contribution in [0.5, 0.6) is 0 Å². The first-order valence-corrected chi connectivity index (χ1v) is 10.2. The van der Waals surface area contributed by atoms with Gasteiger partial charge in [-0.05, 0) is 24.3 Å². The maximum atomic E-state index is 13.1. The van der Waals surface area contributed by atoms with Gasteiger partial charge in [0.2, 0.25) is 11.8 Å². The fraction of sp³-hybridized carbons (Fsp3) is 0.348. The summed E-state index contributed by atoms with van der Waals surface area (Å²) in [5.74, 6) is 0.0912. The van der Waals surface area contributed by atoms with Gasteiger partial charge in [-0.1, -0.05) is 24.3 Å². The summed E-state index contributed by atoms with van der Waals surface area (Å²) in [4.78, 5) is 43.4. The number of carbonyl (C=O) groups is 2. The third-order valence-electron chi connectivity index (χ3n) is 5.75. The number of amides is 2. The van der Waals surface area contributed by atoms with E-state index in [4.69, 9.17) is 0 Å². The van der Waals surface area contributed by atoms with E-state index in [1.165, 1.54) is 0 Å². The third kappa shape index (κ3) is 3.80. The Bertz CT molecular complexity index is 1100. The summed E-state index contributed by atoms with van der Waals surface area (Å²) in [7, 11) is 3.50. The highest BCUT2D eigenvalue weighted by Crippen LogP contribution is 2.19. The lowest BCUT2D eigenvalue weighted by molar-refractivity contribution is -0.134. The summed E-state index contributed by atoms with van der Waals surface area (Å²) in [6, 6.07) is 14.9. The van der Waals surface area contributed by atoms with Gasteiger partial charge in [0.1, 0.15) is 6.54 Å². The van der Waals surface area contributed by atoms with Crippen LogP contribution in [0.15, 0.2) is 53.3 Å². The van der Waals surface area contributed by atoms with Crippen molar-refractivity contribution in [2.75, 3.05) is 46.8 Å². The predicted molar refractivity (Wildman–Crippen MR) is 117 cm³/mol. The largest absolute Gasteiger partial charge is 0.348 e. The number of piperazine rings is 1. The zero-order valence-corrected chi connectivity index (χ0v) is 17.4. The Labute approximate surface area is 175 Å². The third-order valence-corrected chi connectivity index (χ3v) is 5.75. The molecule has 1 aliphatic heterocycles. The van der Waals surface area contributed by atoms with Crippen molar-refractivity contribution in [1.29, 1.82) is 0 Å². The van der Waals surface area contributed by atoms with Crippen molar-refractivity contribution < 1.29 is 9.59 Å². The summed E-state index contributed by atoms with van der Waals surface area (Å²) in [5, 5.41) is 1.24. The molecule has 0 bridgehead atoms. The number of hydrogen-bond acceptors (Lipinski definition) is 4. The highest BCUT2D eigenvalue weighted by atomic mass is 16.2. The second kappa shape index (κ2) is 8.28. The van der Waals surface area contributed by atoms with Gasteiger partial charge in [0, 0.05) is 51.0 Å². The molecule has 0 unspecified atom stereocenters. The zero-order valence-electron chi connectivity index (χ0n) is 17.4. The molecule has 1 fully saturated rings. The van der Waals surface area contributed by atoms with Crippen LogP contribution in [0, 0.1) is 0 Å². The summed E-state index contributed by atoms with van der Waals surface area (Å²) < 4.78 is 1.94. The number of carbonyl (C=O) groups excluding carboxylic acids is 2. The van der Waals surface area contributed by atoms with Gasteiger partial charge < -0.3 is 14.4 Å². The normalized spacial score (nSPS) is 14.9. The minimum Gasteiger partial charge on any atom is -0.348 e. The molecule has 7 nitrogen and oxygen atoms in total. The molecule has 2 aromatic carbocycles. The van der Waals surface area contributed by atoms with Gasteiger partial charge in [-0.3, -0.25) is 19.3 Å². The number of aromatic nitrogens is 1. The van der Waals surface area contributed by atoms with Gasteiger partial charge in [0.15, 0.2) is 5.43 Å². The van der Waals surface area contributed by atoms with Crippen LogP contribution in [0.3, 0.4) is 0 Å². The van der Waals surface area contributed by atoms with Crippen LogP contribution in [0.1, 0.15) is 0 Å². The molecule has 0 atom stereocenters. The lowest BCUT2D eigenvalue weighted by Gasteiger charge is -2.35. The number of nitrogens with zero attached hydrogens (tertiary/aromatic N) is 4. The number of para-hydroxylation sites is 2. The number of likely N-dealkylation sites (N-methyl/N-ethyl adjacent to an activating group) is 1. The highest BCUT2D eigenvalue weighted by molar-refractivity contribution is 5.94. The second-order valence-electron chi connectivity index (χ2n) is 7.89. The lowest BCUT2D eigenvalue weighted by atomic mass is 10.1. The van der Waals surface area contributed by atoms with Crippen LogP contribution in [0.4, 0.5) is 0 Å². The Morgan fingerprint density at radius 1 is 0.833 bits per heavy atom. The molecule has 30 heavy (non-hydrogen) atoms. The van der Waals surface area contributed by atoms with E-state index in [0.29, 0.717) is 43.5 Å². The van der Waals surface area contributed by atoms with Gasteiger partial charge in [-0.2, -0.15) is 0 Å². The van der Waals surface area contributed by atoms with Crippen LogP contribution >= 0.6 is 0 Å². The summed E-state index contributed by atoms with van der Waals surface area (Å²) in [6.07, 6.45) is 0. The van der Waals surface area contributed by atoms with E-state index in [1.807, 2.05) is 58.0 Å². The number of benzene rings is 2. The first-order valence-electron chi connectivity index (χ1n) is 10.2. The number of fused-ring (bicyclic) bond motifs is 2. The molecule has 3 aromatic rings. The summed E-state index contributed by atoms with van der Waals surface area (Å²) in [5.41, 5.74) is 1.53. The van der Waals surface area contributed by atoms with Crippen LogP contribution in [-0.4, -0.2) is 77.9 Å². The maximum absolute atomic E-state index is 13.1. The molecule has 0 N–H and O–H groups in total. The van der Waals surface area contributed by atoms with E-state index in [-0.39, 0.29) is 23.8 Å². The molecule has 0 spiro atoms. The molecule has 156 valence electrons. The van der Waals surface area contributed by atoms with Crippen LogP contribution in [0.2, 0.25) is 0 Å². The smallest absolute Gasteiger partial charge is 0.242 e. The Balaban J connectivity index is 1.56. The number of hydrogen-bond donors (Lipinski definition) is 0. The van der Waals surface area contributed by atoms with Gasteiger partial charge in [-0.15, -0.1) is 0 Å². The molecule has 1 aliphatic rings. The van der Waals surface area contributed by atoms with Gasteiger partial charge in [0.05, 0.1) is 17.6 Å². The molecule has 7 heteroatoms.